The molecule has 0 atom stereocenters. The maximum Gasteiger partial charge on any atom is 0.191 e. The van der Waals surface area contributed by atoms with Gasteiger partial charge < -0.3 is 20.3 Å². The second-order valence-corrected chi connectivity index (χ2v) is 6.98. The molecule has 0 heterocycles. The highest BCUT2D eigenvalue weighted by Gasteiger charge is 2.01. The predicted octanol–water partition coefficient (Wildman–Crippen LogP) is 2.57. The number of nitrogens with one attached hydrogen (secondary N) is 2. The first-order chi connectivity index (χ1) is 11.7. The zero-order valence-corrected chi connectivity index (χ0v) is 16.4. The standard InChI is InChI=1S/C17H29ClN4OS/c1-19-17(20-9-12-22(2)11-4-13-23-3)21-10-14-24-16-7-5-15(18)6-8-16/h5-8H,4,9-14H2,1-3H3,(H2,19,20,21). The molecule has 0 bridgehead atoms. The molecule has 24 heavy (non-hydrogen) atoms. The van der Waals surface area contributed by atoms with E-state index in [9.17, 15) is 0 Å². The van der Waals surface area contributed by atoms with Crippen LogP contribution >= 0.6 is 23.4 Å². The number of aliphatic imine (C=N–C) groups is 1. The predicted molar refractivity (Wildman–Crippen MR) is 106 cm³/mol. The molecule has 136 valence electrons. The van der Waals surface area contributed by atoms with Gasteiger partial charge in [-0.25, -0.2) is 0 Å². The van der Waals surface area contributed by atoms with Crippen LogP contribution in [0.15, 0.2) is 34.2 Å². The van der Waals surface area contributed by atoms with E-state index in [1.807, 2.05) is 24.3 Å². The van der Waals surface area contributed by atoms with Gasteiger partial charge in [0.1, 0.15) is 0 Å². The number of ether oxygens (including phenoxy) is 1. The third kappa shape index (κ3) is 10.0. The van der Waals surface area contributed by atoms with E-state index in [0.717, 1.165) is 55.9 Å². The van der Waals surface area contributed by atoms with Crippen molar-refractivity contribution in [3.63, 3.8) is 0 Å². The van der Waals surface area contributed by atoms with Crippen molar-refractivity contribution >= 4 is 29.3 Å². The molecular weight excluding hydrogens is 344 g/mol. The fraction of sp³-hybridized carbons (Fsp3) is 0.588. The molecule has 5 nitrogen and oxygen atoms in total. The van der Waals surface area contributed by atoms with E-state index in [1.165, 1.54) is 4.90 Å². The largest absolute Gasteiger partial charge is 0.385 e. The number of nitrogens with zero attached hydrogens (tertiary/aromatic N) is 2. The minimum Gasteiger partial charge on any atom is -0.385 e. The van der Waals surface area contributed by atoms with Crippen LogP contribution in [-0.4, -0.2) is 70.6 Å². The van der Waals surface area contributed by atoms with Crippen molar-refractivity contribution < 1.29 is 4.74 Å². The third-order valence-electron chi connectivity index (χ3n) is 3.37. The van der Waals surface area contributed by atoms with Crippen molar-refractivity contribution in [2.24, 2.45) is 4.99 Å². The van der Waals surface area contributed by atoms with Gasteiger partial charge in [0.15, 0.2) is 5.96 Å². The molecule has 0 aliphatic carbocycles. The lowest BCUT2D eigenvalue weighted by atomic mass is 10.4. The van der Waals surface area contributed by atoms with Crippen LogP contribution in [0.25, 0.3) is 0 Å². The van der Waals surface area contributed by atoms with Crippen LogP contribution in [-0.2, 0) is 4.74 Å². The Balaban J connectivity index is 2.11. The second-order valence-electron chi connectivity index (χ2n) is 5.38. The SMILES string of the molecule is CN=C(NCCSc1ccc(Cl)cc1)NCCN(C)CCCOC. The Labute approximate surface area is 155 Å². The molecule has 0 unspecified atom stereocenters. The molecule has 0 aliphatic heterocycles. The van der Waals surface area contributed by atoms with Crippen molar-refractivity contribution in [3.8, 4) is 0 Å². The van der Waals surface area contributed by atoms with E-state index in [4.69, 9.17) is 16.3 Å². The van der Waals surface area contributed by atoms with E-state index in [0.29, 0.717) is 0 Å². The van der Waals surface area contributed by atoms with E-state index >= 15 is 0 Å². The van der Waals surface area contributed by atoms with Crippen LogP contribution < -0.4 is 10.6 Å². The Kier molecular flexibility index (Phi) is 11.7. The lowest BCUT2D eigenvalue weighted by Crippen LogP contribution is -2.41. The van der Waals surface area contributed by atoms with Gasteiger partial charge in [-0.2, -0.15) is 0 Å². The Hall–Kier alpha value is -0.950. The summed E-state index contributed by atoms with van der Waals surface area (Å²) in [6, 6.07) is 7.92. The summed E-state index contributed by atoms with van der Waals surface area (Å²) in [6.07, 6.45) is 1.06. The third-order valence-corrected chi connectivity index (χ3v) is 4.64. The molecule has 1 aromatic rings. The molecule has 0 saturated carbocycles. The summed E-state index contributed by atoms with van der Waals surface area (Å²) in [5.41, 5.74) is 0. The maximum atomic E-state index is 5.88. The number of methoxy groups -OCH3 is 1. The summed E-state index contributed by atoms with van der Waals surface area (Å²) < 4.78 is 5.07. The molecule has 0 amide bonds. The van der Waals surface area contributed by atoms with Crippen LogP contribution in [0.2, 0.25) is 5.02 Å². The minimum atomic E-state index is 0.772. The van der Waals surface area contributed by atoms with Gasteiger partial charge in [0, 0.05) is 62.6 Å². The Morgan fingerprint density at radius 3 is 2.58 bits per heavy atom. The summed E-state index contributed by atoms with van der Waals surface area (Å²) in [7, 11) is 5.66. The van der Waals surface area contributed by atoms with Crippen LogP contribution in [0.5, 0.6) is 0 Å². The van der Waals surface area contributed by atoms with Gasteiger partial charge in [0.05, 0.1) is 0 Å². The van der Waals surface area contributed by atoms with Gasteiger partial charge in [-0.3, -0.25) is 4.99 Å². The summed E-state index contributed by atoms with van der Waals surface area (Å²) in [5, 5.41) is 7.44. The Bertz CT molecular complexity index is 470. The Morgan fingerprint density at radius 2 is 1.92 bits per heavy atom. The summed E-state index contributed by atoms with van der Waals surface area (Å²) >= 11 is 7.68. The van der Waals surface area contributed by atoms with E-state index in [-0.39, 0.29) is 0 Å². The molecule has 7 heteroatoms. The molecule has 0 aromatic heterocycles. The smallest absolute Gasteiger partial charge is 0.191 e. The molecule has 0 saturated heterocycles. The van der Waals surface area contributed by atoms with E-state index in [1.54, 1.807) is 25.9 Å². The average molecular weight is 373 g/mol. The highest BCUT2D eigenvalue weighted by molar-refractivity contribution is 7.99. The molecule has 1 aromatic carbocycles. The van der Waals surface area contributed by atoms with Crippen molar-refractivity contribution in [2.45, 2.75) is 11.3 Å². The van der Waals surface area contributed by atoms with Gasteiger partial charge >= 0.3 is 0 Å². The minimum absolute atomic E-state index is 0.772. The monoisotopic (exact) mass is 372 g/mol. The average Bonchev–Trinajstić information content (AvgIpc) is 2.59. The van der Waals surface area contributed by atoms with Crippen LogP contribution in [0, 0.1) is 0 Å². The van der Waals surface area contributed by atoms with Crippen molar-refractivity contribution in [1.29, 1.82) is 0 Å². The fourth-order valence-corrected chi connectivity index (χ4v) is 2.94. The van der Waals surface area contributed by atoms with Crippen molar-refractivity contribution in [1.82, 2.24) is 15.5 Å². The van der Waals surface area contributed by atoms with Gasteiger partial charge in [-0.05, 0) is 37.7 Å². The molecule has 2 N–H and O–H groups in total. The zero-order chi connectivity index (χ0) is 17.6. The Morgan fingerprint density at radius 1 is 1.21 bits per heavy atom. The number of benzene rings is 1. The summed E-state index contributed by atoms with van der Waals surface area (Å²) in [5.74, 6) is 1.82. The van der Waals surface area contributed by atoms with Crippen LogP contribution in [0.4, 0.5) is 0 Å². The highest BCUT2D eigenvalue weighted by Crippen LogP contribution is 2.19. The second kappa shape index (κ2) is 13.4. The maximum absolute atomic E-state index is 5.88. The normalized spacial score (nSPS) is 11.8. The molecule has 0 radical (unpaired) electrons. The summed E-state index contributed by atoms with van der Waals surface area (Å²) in [6.45, 7) is 4.56. The van der Waals surface area contributed by atoms with Crippen molar-refractivity contribution in [3.05, 3.63) is 29.3 Å². The van der Waals surface area contributed by atoms with E-state index < -0.39 is 0 Å². The lowest BCUT2D eigenvalue weighted by molar-refractivity contribution is 0.180. The molecular formula is C17H29ClN4OS. The lowest BCUT2D eigenvalue weighted by Gasteiger charge is -2.18. The number of halogens is 1. The molecule has 0 fully saturated rings. The fourth-order valence-electron chi connectivity index (χ4n) is 2.05. The molecule has 0 aliphatic rings. The van der Waals surface area contributed by atoms with Gasteiger partial charge in [0.25, 0.3) is 0 Å². The molecule has 1 rings (SSSR count). The van der Waals surface area contributed by atoms with Gasteiger partial charge in [-0.1, -0.05) is 11.6 Å². The number of hydrogen-bond donors (Lipinski definition) is 2. The topological polar surface area (TPSA) is 48.9 Å². The number of thioether (sulfide) groups is 1. The first-order valence-corrected chi connectivity index (χ1v) is 9.52. The van der Waals surface area contributed by atoms with Crippen LogP contribution in [0.1, 0.15) is 6.42 Å². The zero-order valence-electron chi connectivity index (χ0n) is 14.8. The first-order valence-electron chi connectivity index (χ1n) is 8.16. The number of hydrogen-bond acceptors (Lipinski definition) is 4. The number of rotatable bonds is 11. The first kappa shape index (κ1) is 21.1. The number of guanidine groups is 1. The van der Waals surface area contributed by atoms with Gasteiger partial charge in [0.2, 0.25) is 0 Å². The highest BCUT2D eigenvalue weighted by atomic mass is 35.5. The molecule has 0 spiro atoms. The van der Waals surface area contributed by atoms with Crippen LogP contribution in [0.3, 0.4) is 0 Å². The number of likely N-dealkylation sites (N-methyl/N-ethyl adjacent to an activating group) is 1. The van der Waals surface area contributed by atoms with Crippen molar-refractivity contribution in [2.75, 3.05) is 59.7 Å². The summed E-state index contributed by atoms with van der Waals surface area (Å²) in [4.78, 5) is 7.76. The van der Waals surface area contributed by atoms with Gasteiger partial charge in [-0.15, -0.1) is 11.8 Å². The quantitative estimate of drug-likeness (QED) is 0.270. The van der Waals surface area contributed by atoms with E-state index in [2.05, 4.69) is 27.6 Å².